The first-order chi connectivity index (χ1) is 13.2. The van der Waals surface area contributed by atoms with E-state index in [1.165, 1.54) is 0 Å². The second-order valence-electron chi connectivity index (χ2n) is 6.33. The van der Waals surface area contributed by atoms with Crippen LogP contribution < -0.4 is 24.8 Å². The van der Waals surface area contributed by atoms with E-state index in [4.69, 9.17) is 14.2 Å². The minimum Gasteiger partial charge on any atom is -0.497 e. The molecule has 1 aromatic heterocycles. The number of benzene rings is 1. The van der Waals surface area contributed by atoms with Gasteiger partial charge in [0.1, 0.15) is 17.6 Å². The number of amides is 2. The van der Waals surface area contributed by atoms with Crippen molar-refractivity contribution in [2.24, 2.45) is 0 Å². The smallest absolute Gasteiger partial charge is 0.319 e. The fraction of sp³-hybridized carbons (Fsp3) is 0.421. The van der Waals surface area contributed by atoms with Crippen LogP contribution in [-0.2, 0) is 0 Å². The Balaban J connectivity index is 1.47. The van der Waals surface area contributed by atoms with Gasteiger partial charge < -0.3 is 24.8 Å². The standard InChI is InChI=1S/C19H24N4O4/c1-25-16-9-14(10-17(11-16)26-2)23-19(24)22-13-3-5-15(6-4-13)27-18-12-20-7-8-21-18/h7-13,15H,3-6H2,1-2H3,(H2,22,23,24). The number of rotatable bonds is 6. The second-order valence-corrected chi connectivity index (χ2v) is 6.33. The van der Waals surface area contributed by atoms with Gasteiger partial charge in [0.05, 0.1) is 20.4 Å². The lowest BCUT2D eigenvalue weighted by Gasteiger charge is -2.29. The van der Waals surface area contributed by atoms with Gasteiger partial charge in [-0.15, -0.1) is 0 Å². The van der Waals surface area contributed by atoms with Crippen molar-refractivity contribution >= 4 is 11.7 Å². The molecule has 1 aliphatic carbocycles. The number of carbonyl (C=O) groups excluding carboxylic acids is 1. The van der Waals surface area contributed by atoms with Crippen molar-refractivity contribution in [3.8, 4) is 17.4 Å². The normalized spacial score (nSPS) is 19.0. The molecular weight excluding hydrogens is 348 g/mol. The Morgan fingerprint density at radius 2 is 1.74 bits per heavy atom. The van der Waals surface area contributed by atoms with Crippen LogP contribution in [-0.4, -0.2) is 42.4 Å². The van der Waals surface area contributed by atoms with Crippen molar-refractivity contribution in [2.45, 2.75) is 37.8 Å². The van der Waals surface area contributed by atoms with Crippen molar-refractivity contribution in [3.63, 3.8) is 0 Å². The monoisotopic (exact) mass is 372 g/mol. The molecule has 8 nitrogen and oxygen atoms in total. The van der Waals surface area contributed by atoms with Crippen LogP contribution in [0, 0.1) is 0 Å². The fourth-order valence-corrected chi connectivity index (χ4v) is 3.07. The van der Waals surface area contributed by atoms with Gasteiger partial charge in [0.2, 0.25) is 5.88 Å². The van der Waals surface area contributed by atoms with Crippen LogP contribution >= 0.6 is 0 Å². The van der Waals surface area contributed by atoms with Crippen LogP contribution in [0.1, 0.15) is 25.7 Å². The quantitative estimate of drug-likeness (QED) is 0.809. The molecule has 0 aliphatic heterocycles. The van der Waals surface area contributed by atoms with E-state index in [2.05, 4.69) is 20.6 Å². The van der Waals surface area contributed by atoms with Crippen LogP contribution in [0.4, 0.5) is 10.5 Å². The Morgan fingerprint density at radius 1 is 1.04 bits per heavy atom. The topological polar surface area (TPSA) is 94.6 Å². The highest BCUT2D eigenvalue weighted by Gasteiger charge is 2.24. The highest BCUT2D eigenvalue weighted by molar-refractivity contribution is 5.90. The average molecular weight is 372 g/mol. The number of methoxy groups -OCH3 is 2. The summed E-state index contributed by atoms with van der Waals surface area (Å²) in [5.41, 5.74) is 0.614. The molecule has 0 unspecified atom stereocenters. The number of carbonyl (C=O) groups is 1. The van der Waals surface area contributed by atoms with E-state index in [1.807, 2.05) is 0 Å². The Labute approximate surface area is 158 Å². The fourth-order valence-electron chi connectivity index (χ4n) is 3.07. The molecule has 1 fully saturated rings. The molecule has 1 aromatic carbocycles. The number of aromatic nitrogens is 2. The summed E-state index contributed by atoms with van der Waals surface area (Å²) in [6, 6.07) is 5.10. The minimum atomic E-state index is -0.247. The molecule has 2 aromatic rings. The third-order valence-corrected chi connectivity index (χ3v) is 4.45. The molecule has 1 heterocycles. The van der Waals surface area contributed by atoms with Gasteiger partial charge in [-0.2, -0.15) is 0 Å². The number of urea groups is 1. The number of ether oxygens (including phenoxy) is 3. The third-order valence-electron chi connectivity index (χ3n) is 4.45. The molecular formula is C19H24N4O4. The Kier molecular flexibility index (Phi) is 6.30. The van der Waals surface area contributed by atoms with Crippen LogP contribution in [0.5, 0.6) is 17.4 Å². The molecule has 0 spiro atoms. The lowest BCUT2D eigenvalue weighted by Crippen LogP contribution is -2.41. The Bertz CT molecular complexity index is 726. The van der Waals surface area contributed by atoms with Crippen molar-refractivity contribution in [1.29, 1.82) is 0 Å². The molecule has 144 valence electrons. The van der Waals surface area contributed by atoms with Crippen LogP contribution in [0.25, 0.3) is 0 Å². The summed E-state index contributed by atoms with van der Waals surface area (Å²) in [6.45, 7) is 0. The lowest BCUT2D eigenvalue weighted by atomic mass is 9.93. The van der Waals surface area contributed by atoms with Gasteiger partial charge in [-0.05, 0) is 25.7 Å². The molecule has 27 heavy (non-hydrogen) atoms. The maximum absolute atomic E-state index is 12.3. The van der Waals surface area contributed by atoms with Crippen molar-refractivity contribution in [3.05, 3.63) is 36.8 Å². The Hall–Kier alpha value is -3.03. The van der Waals surface area contributed by atoms with E-state index in [9.17, 15) is 4.79 Å². The molecule has 2 N–H and O–H groups in total. The van der Waals surface area contributed by atoms with E-state index in [0.29, 0.717) is 23.1 Å². The first kappa shape index (κ1) is 18.8. The van der Waals surface area contributed by atoms with Gasteiger partial charge in [0.25, 0.3) is 0 Å². The number of nitrogens with one attached hydrogen (secondary N) is 2. The first-order valence-corrected chi connectivity index (χ1v) is 8.89. The number of hydrogen-bond acceptors (Lipinski definition) is 6. The van der Waals surface area contributed by atoms with Gasteiger partial charge in [-0.25, -0.2) is 9.78 Å². The van der Waals surface area contributed by atoms with Crippen LogP contribution in [0.2, 0.25) is 0 Å². The van der Waals surface area contributed by atoms with Crippen LogP contribution in [0.15, 0.2) is 36.8 Å². The van der Waals surface area contributed by atoms with Crippen molar-refractivity contribution < 1.29 is 19.0 Å². The molecule has 8 heteroatoms. The SMILES string of the molecule is COc1cc(NC(=O)NC2CCC(Oc3cnccn3)CC2)cc(OC)c1. The summed E-state index contributed by atoms with van der Waals surface area (Å²) >= 11 is 0. The summed E-state index contributed by atoms with van der Waals surface area (Å²) < 4.78 is 16.3. The van der Waals surface area contributed by atoms with Gasteiger partial charge in [-0.3, -0.25) is 4.98 Å². The minimum absolute atomic E-state index is 0.102. The predicted octanol–water partition coefficient (Wildman–Crippen LogP) is 3.01. The van der Waals surface area contributed by atoms with E-state index >= 15 is 0 Å². The first-order valence-electron chi connectivity index (χ1n) is 8.89. The Morgan fingerprint density at radius 3 is 2.33 bits per heavy atom. The highest BCUT2D eigenvalue weighted by Crippen LogP contribution is 2.26. The van der Waals surface area contributed by atoms with Crippen molar-refractivity contribution in [2.75, 3.05) is 19.5 Å². The zero-order valence-electron chi connectivity index (χ0n) is 15.5. The summed E-state index contributed by atoms with van der Waals surface area (Å²) in [5, 5.41) is 5.84. The zero-order chi connectivity index (χ0) is 19.1. The molecule has 1 aliphatic rings. The summed E-state index contributed by atoms with van der Waals surface area (Å²) in [5.74, 6) is 1.77. The highest BCUT2D eigenvalue weighted by atomic mass is 16.5. The van der Waals surface area contributed by atoms with E-state index in [-0.39, 0.29) is 18.2 Å². The number of anilines is 1. The van der Waals surface area contributed by atoms with E-state index in [0.717, 1.165) is 25.7 Å². The molecule has 0 atom stereocenters. The van der Waals surface area contributed by atoms with Crippen LogP contribution in [0.3, 0.4) is 0 Å². The zero-order valence-corrected chi connectivity index (χ0v) is 15.5. The third kappa shape index (κ3) is 5.47. The maximum Gasteiger partial charge on any atom is 0.319 e. The average Bonchev–Trinajstić information content (AvgIpc) is 2.70. The van der Waals surface area contributed by atoms with Gasteiger partial charge in [0.15, 0.2) is 0 Å². The van der Waals surface area contributed by atoms with Gasteiger partial charge in [0, 0.05) is 42.3 Å². The van der Waals surface area contributed by atoms with Gasteiger partial charge in [-0.1, -0.05) is 0 Å². The summed E-state index contributed by atoms with van der Waals surface area (Å²) in [6.07, 6.45) is 8.35. The maximum atomic E-state index is 12.3. The van der Waals surface area contributed by atoms with E-state index in [1.54, 1.807) is 51.0 Å². The molecule has 0 saturated heterocycles. The molecule has 1 saturated carbocycles. The molecule has 3 rings (SSSR count). The largest absolute Gasteiger partial charge is 0.497 e. The molecule has 0 bridgehead atoms. The predicted molar refractivity (Wildman–Crippen MR) is 100 cm³/mol. The molecule has 0 radical (unpaired) electrons. The second kappa shape index (κ2) is 9.07. The lowest BCUT2D eigenvalue weighted by molar-refractivity contribution is 0.135. The molecule has 2 amide bonds. The summed E-state index contributed by atoms with van der Waals surface area (Å²) in [4.78, 5) is 20.4. The van der Waals surface area contributed by atoms with Gasteiger partial charge >= 0.3 is 6.03 Å². The number of nitrogens with zero attached hydrogens (tertiary/aromatic N) is 2. The number of hydrogen-bond donors (Lipinski definition) is 2. The van der Waals surface area contributed by atoms with Crippen molar-refractivity contribution in [1.82, 2.24) is 15.3 Å². The van der Waals surface area contributed by atoms with E-state index < -0.39 is 0 Å². The summed E-state index contributed by atoms with van der Waals surface area (Å²) in [7, 11) is 3.14.